The molecule has 0 saturated carbocycles. The predicted molar refractivity (Wildman–Crippen MR) is 93.6 cm³/mol. The molecule has 3 nitrogen and oxygen atoms in total. The molecule has 22 heavy (non-hydrogen) atoms. The Morgan fingerprint density at radius 2 is 2.23 bits per heavy atom. The zero-order chi connectivity index (χ0) is 15.4. The number of hydrogen-bond donors (Lipinski definition) is 1. The molecule has 2 heterocycles. The number of likely N-dealkylation sites (tertiary alicyclic amines) is 1. The van der Waals surface area contributed by atoms with E-state index in [9.17, 15) is 4.79 Å². The maximum atomic E-state index is 12.4. The van der Waals surface area contributed by atoms with E-state index in [2.05, 4.69) is 41.9 Å². The van der Waals surface area contributed by atoms with E-state index in [1.807, 2.05) is 4.90 Å². The first-order chi connectivity index (χ1) is 10.8. The summed E-state index contributed by atoms with van der Waals surface area (Å²) in [5.41, 5.74) is 1.34. The van der Waals surface area contributed by atoms with Crippen LogP contribution in [-0.4, -0.2) is 30.1 Å². The summed E-state index contributed by atoms with van der Waals surface area (Å²) in [4.78, 5) is 14.4. The fourth-order valence-electron chi connectivity index (χ4n) is 3.32. The monoisotopic (exact) mass is 316 g/mol. The lowest BCUT2D eigenvalue weighted by Crippen LogP contribution is -2.48. The Hall–Kier alpha value is -1.55. The van der Waals surface area contributed by atoms with Crippen molar-refractivity contribution < 1.29 is 4.79 Å². The largest absolute Gasteiger partial charge is 0.338 e. The number of amides is 2. The molecule has 2 aromatic rings. The van der Waals surface area contributed by atoms with Gasteiger partial charge in [0.1, 0.15) is 0 Å². The number of carbonyl (C=O) groups is 1. The average Bonchev–Trinajstić information content (AvgIpc) is 2.98. The zero-order valence-corrected chi connectivity index (χ0v) is 14.0. The highest BCUT2D eigenvalue weighted by molar-refractivity contribution is 7.17. The fourth-order valence-corrected chi connectivity index (χ4v) is 4.32. The predicted octanol–water partition coefficient (Wildman–Crippen LogP) is 4.42. The lowest BCUT2D eigenvalue weighted by atomic mass is 10.0. The Labute approximate surface area is 136 Å². The van der Waals surface area contributed by atoms with Crippen LogP contribution in [0.4, 0.5) is 4.79 Å². The summed E-state index contributed by atoms with van der Waals surface area (Å²) in [6.45, 7) is 3.80. The summed E-state index contributed by atoms with van der Waals surface area (Å²) >= 11 is 1.78. The van der Waals surface area contributed by atoms with Gasteiger partial charge in [-0.05, 0) is 54.5 Å². The molecule has 0 spiro atoms. The van der Waals surface area contributed by atoms with E-state index < -0.39 is 0 Å². The molecule has 0 aliphatic carbocycles. The van der Waals surface area contributed by atoms with Gasteiger partial charge < -0.3 is 10.2 Å². The van der Waals surface area contributed by atoms with E-state index in [0.717, 1.165) is 32.2 Å². The molecule has 1 aliphatic heterocycles. The number of hydrogen-bond acceptors (Lipinski definition) is 2. The molecule has 0 radical (unpaired) electrons. The minimum Gasteiger partial charge on any atom is -0.338 e. The van der Waals surface area contributed by atoms with E-state index in [1.54, 1.807) is 11.3 Å². The normalized spacial score (nSPS) is 18.6. The zero-order valence-electron chi connectivity index (χ0n) is 13.2. The number of nitrogens with one attached hydrogen (secondary N) is 1. The molecular formula is C18H24N2OS. The number of rotatable bonds is 4. The Morgan fingerprint density at radius 3 is 3.09 bits per heavy atom. The van der Waals surface area contributed by atoms with Crippen molar-refractivity contribution in [3.8, 4) is 0 Å². The molecule has 0 bridgehead atoms. The number of thiophene rings is 1. The van der Waals surface area contributed by atoms with Crippen molar-refractivity contribution in [1.29, 1.82) is 0 Å². The second kappa shape index (κ2) is 7.14. The van der Waals surface area contributed by atoms with Gasteiger partial charge in [0.15, 0.2) is 0 Å². The van der Waals surface area contributed by atoms with Crippen LogP contribution in [0.2, 0.25) is 0 Å². The topological polar surface area (TPSA) is 32.3 Å². The van der Waals surface area contributed by atoms with Gasteiger partial charge in [-0.1, -0.05) is 25.1 Å². The summed E-state index contributed by atoms with van der Waals surface area (Å²) < 4.78 is 1.32. The van der Waals surface area contributed by atoms with Crippen LogP contribution < -0.4 is 5.32 Å². The first-order valence-corrected chi connectivity index (χ1v) is 9.17. The molecule has 1 aliphatic rings. The lowest BCUT2D eigenvalue weighted by molar-refractivity contribution is 0.149. The molecule has 1 saturated heterocycles. The number of benzene rings is 1. The van der Waals surface area contributed by atoms with E-state index in [4.69, 9.17) is 0 Å². The first-order valence-electron chi connectivity index (χ1n) is 8.29. The van der Waals surface area contributed by atoms with Gasteiger partial charge in [0.2, 0.25) is 0 Å². The summed E-state index contributed by atoms with van der Waals surface area (Å²) in [7, 11) is 0. The molecular weight excluding hydrogens is 292 g/mol. The maximum Gasteiger partial charge on any atom is 0.317 e. The van der Waals surface area contributed by atoms with Crippen LogP contribution in [0.25, 0.3) is 10.1 Å². The fraction of sp³-hybridized carbons (Fsp3) is 0.500. The highest BCUT2D eigenvalue weighted by atomic mass is 32.1. The molecule has 1 unspecified atom stereocenters. The van der Waals surface area contributed by atoms with Gasteiger partial charge in [0.25, 0.3) is 0 Å². The summed E-state index contributed by atoms with van der Waals surface area (Å²) in [5, 5.41) is 6.65. The van der Waals surface area contributed by atoms with Crippen LogP contribution in [0.15, 0.2) is 29.6 Å². The van der Waals surface area contributed by atoms with Crippen LogP contribution >= 0.6 is 11.3 Å². The van der Waals surface area contributed by atoms with Gasteiger partial charge in [-0.3, -0.25) is 0 Å². The van der Waals surface area contributed by atoms with Crippen molar-refractivity contribution in [2.24, 2.45) is 0 Å². The molecule has 1 aromatic heterocycles. The smallest absolute Gasteiger partial charge is 0.317 e. The standard InChI is InChI=1S/C18H24N2OS/c1-2-15-7-5-6-12-20(15)18(21)19-11-10-14-13-22-17-9-4-3-8-16(14)17/h3-4,8-9,13,15H,2,5-7,10-12H2,1H3,(H,19,21). The van der Waals surface area contributed by atoms with Crippen LogP contribution in [0.1, 0.15) is 38.2 Å². The highest BCUT2D eigenvalue weighted by Crippen LogP contribution is 2.25. The van der Waals surface area contributed by atoms with Gasteiger partial charge in [-0.25, -0.2) is 4.79 Å². The highest BCUT2D eigenvalue weighted by Gasteiger charge is 2.24. The van der Waals surface area contributed by atoms with Crippen LogP contribution in [0.3, 0.4) is 0 Å². The average molecular weight is 316 g/mol. The summed E-state index contributed by atoms with van der Waals surface area (Å²) in [6, 6.07) is 9.02. The van der Waals surface area contributed by atoms with Gasteiger partial charge >= 0.3 is 6.03 Å². The molecule has 1 aromatic carbocycles. The first kappa shape index (κ1) is 15.3. The number of piperidine rings is 1. The Kier molecular flexibility index (Phi) is 4.98. The molecule has 1 fully saturated rings. The lowest BCUT2D eigenvalue weighted by Gasteiger charge is -2.35. The number of nitrogens with zero attached hydrogens (tertiary/aromatic N) is 1. The molecule has 3 rings (SSSR count). The third kappa shape index (κ3) is 3.27. The van der Waals surface area contributed by atoms with E-state index in [1.165, 1.54) is 22.1 Å². The van der Waals surface area contributed by atoms with Crippen molar-refractivity contribution in [3.63, 3.8) is 0 Å². The third-order valence-electron chi connectivity index (χ3n) is 4.59. The Balaban J connectivity index is 1.55. The Bertz CT molecular complexity index is 637. The van der Waals surface area contributed by atoms with Crippen molar-refractivity contribution in [2.45, 2.75) is 45.1 Å². The minimum absolute atomic E-state index is 0.117. The van der Waals surface area contributed by atoms with E-state index in [-0.39, 0.29) is 6.03 Å². The third-order valence-corrected chi connectivity index (χ3v) is 5.60. The molecule has 4 heteroatoms. The maximum absolute atomic E-state index is 12.4. The molecule has 2 amide bonds. The van der Waals surface area contributed by atoms with Crippen molar-refractivity contribution in [1.82, 2.24) is 10.2 Å². The quantitative estimate of drug-likeness (QED) is 0.890. The molecule has 1 N–H and O–H groups in total. The van der Waals surface area contributed by atoms with Gasteiger partial charge in [-0.2, -0.15) is 0 Å². The van der Waals surface area contributed by atoms with Crippen molar-refractivity contribution >= 4 is 27.5 Å². The number of fused-ring (bicyclic) bond motifs is 1. The minimum atomic E-state index is 0.117. The molecule has 118 valence electrons. The van der Waals surface area contributed by atoms with Gasteiger partial charge in [-0.15, -0.1) is 11.3 Å². The summed E-state index contributed by atoms with van der Waals surface area (Å²) in [5.74, 6) is 0. The SMILES string of the molecule is CCC1CCCCN1C(=O)NCCc1csc2ccccc12. The van der Waals surface area contributed by atoms with Crippen LogP contribution in [-0.2, 0) is 6.42 Å². The summed E-state index contributed by atoms with van der Waals surface area (Å²) in [6.07, 6.45) is 5.50. The number of carbonyl (C=O) groups excluding carboxylic acids is 1. The van der Waals surface area contributed by atoms with Crippen molar-refractivity contribution in [2.75, 3.05) is 13.1 Å². The van der Waals surface area contributed by atoms with Crippen LogP contribution in [0, 0.1) is 0 Å². The Morgan fingerprint density at radius 1 is 1.36 bits per heavy atom. The van der Waals surface area contributed by atoms with Gasteiger partial charge in [0, 0.05) is 23.8 Å². The second-order valence-corrected chi connectivity index (χ2v) is 6.90. The van der Waals surface area contributed by atoms with Crippen LogP contribution in [0.5, 0.6) is 0 Å². The van der Waals surface area contributed by atoms with Gasteiger partial charge in [0.05, 0.1) is 0 Å². The molecule has 1 atom stereocenters. The number of urea groups is 1. The second-order valence-electron chi connectivity index (χ2n) is 5.99. The van der Waals surface area contributed by atoms with E-state index >= 15 is 0 Å². The van der Waals surface area contributed by atoms with Crippen molar-refractivity contribution in [3.05, 3.63) is 35.2 Å². The van der Waals surface area contributed by atoms with E-state index in [0.29, 0.717) is 12.6 Å².